The Morgan fingerprint density at radius 3 is 2.84 bits per heavy atom. The molecule has 1 aromatic carbocycles. The Morgan fingerprint density at radius 2 is 2.21 bits per heavy atom. The molecule has 0 aromatic heterocycles. The summed E-state index contributed by atoms with van der Waals surface area (Å²) in [7, 11) is 0. The van der Waals surface area contributed by atoms with E-state index in [1.807, 2.05) is 6.07 Å². The minimum atomic E-state index is -0.422. The van der Waals surface area contributed by atoms with Gasteiger partial charge < -0.3 is 16.4 Å². The van der Waals surface area contributed by atoms with E-state index in [2.05, 4.69) is 11.8 Å². The lowest BCUT2D eigenvalue weighted by Crippen LogP contribution is -2.44. The van der Waals surface area contributed by atoms with E-state index >= 15 is 0 Å². The summed E-state index contributed by atoms with van der Waals surface area (Å²) in [4.78, 5) is 13.8. The van der Waals surface area contributed by atoms with Gasteiger partial charge in [-0.3, -0.25) is 4.79 Å². The highest BCUT2D eigenvalue weighted by Gasteiger charge is 2.27. The largest absolute Gasteiger partial charge is 0.368 e. The quantitative estimate of drug-likeness (QED) is 0.890. The number of carbonyl (C=O) groups excluding carboxylic acids is 1. The molecule has 1 amide bonds. The highest BCUT2D eigenvalue weighted by molar-refractivity contribution is 6.31. The molecular weight excluding hydrogens is 262 g/mol. The summed E-state index contributed by atoms with van der Waals surface area (Å²) in [5.74, 6) is 0.0321. The van der Waals surface area contributed by atoms with Gasteiger partial charge in [0.25, 0.3) is 5.91 Å². The van der Waals surface area contributed by atoms with Crippen LogP contribution in [0.3, 0.4) is 0 Å². The van der Waals surface area contributed by atoms with Gasteiger partial charge in [-0.05, 0) is 50.4 Å². The van der Waals surface area contributed by atoms with Gasteiger partial charge in [0, 0.05) is 17.6 Å². The Balaban J connectivity index is 2.38. The number of hydrogen-bond acceptors (Lipinski definition) is 3. The van der Waals surface area contributed by atoms with E-state index < -0.39 is 5.91 Å². The van der Waals surface area contributed by atoms with Crippen LogP contribution in [0.5, 0.6) is 0 Å². The van der Waals surface area contributed by atoms with Crippen LogP contribution in [0.2, 0.25) is 5.02 Å². The van der Waals surface area contributed by atoms with Gasteiger partial charge in [0.2, 0.25) is 0 Å². The smallest absolute Gasteiger partial charge is 0.250 e. The molecule has 1 aromatic rings. The number of carbonyl (C=O) groups is 1. The highest BCUT2D eigenvalue weighted by atomic mass is 35.5. The Bertz CT molecular complexity index is 478. The first-order valence-corrected chi connectivity index (χ1v) is 6.96. The van der Waals surface area contributed by atoms with E-state index in [0.717, 1.165) is 25.1 Å². The number of nitrogens with two attached hydrogens (primary N) is 2. The number of benzene rings is 1. The number of hydrogen-bond donors (Lipinski definition) is 2. The molecule has 1 fully saturated rings. The van der Waals surface area contributed by atoms with Crippen LogP contribution in [0.1, 0.15) is 30.1 Å². The lowest BCUT2D eigenvalue weighted by atomic mass is 9.92. The third-order valence-corrected chi connectivity index (χ3v) is 4.08. The maximum atomic E-state index is 11.6. The van der Waals surface area contributed by atoms with E-state index in [9.17, 15) is 4.79 Å². The van der Waals surface area contributed by atoms with E-state index in [4.69, 9.17) is 23.1 Å². The molecule has 104 valence electrons. The van der Waals surface area contributed by atoms with Crippen molar-refractivity contribution in [1.82, 2.24) is 0 Å². The molecule has 1 saturated heterocycles. The molecule has 1 aliphatic heterocycles. The molecule has 0 aliphatic carbocycles. The Morgan fingerprint density at radius 1 is 1.47 bits per heavy atom. The SMILES string of the molecule is CC1CCC(CN)CN1c1cc(Cl)ccc1C(N)=O. The zero-order chi connectivity index (χ0) is 14.0. The van der Waals surface area contributed by atoms with Crippen molar-refractivity contribution >= 4 is 23.2 Å². The maximum Gasteiger partial charge on any atom is 0.250 e. The molecule has 2 unspecified atom stereocenters. The molecule has 0 spiro atoms. The van der Waals surface area contributed by atoms with Crippen molar-refractivity contribution in [2.45, 2.75) is 25.8 Å². The lowest BCUT2D eigenvalue weighted by Gasteiger charge is -2.40. The highest BCUT2D eigenvalue weighted by Crippen LogP contribution is 2.31. The van der Waals surface area contributed by atoms with Gasteiger partial charge in [-0.15, -0.1) is 0 Å². The fourth-order valence-electron chi connectivity index (χ4n) is 2.66. The number of primary amides is 1. The lowest BCUT2D eigenvalue weighted by molar-refractivity contribution is 0.100. The van der Waals surface area contributed by atoms with Gasteiger partial charge in [-0.1, -0.05) is 11.6 Å². The standard InChI is InChI=1S/C14H20ClN3O/c1-9-2-3-10(7-16)8-18(9)13-6-11(15)4-5-12(13)14(17)19/h4-6,9-10H,2-3,7-8,16H2,1H3,(H2,17,19). The van der Waals surface area contributed by atoms with Crippen molar-refractivity contribution in [3.8, 4) is 0 Å². The van der Waals surface area contributed by atoms with Crippen LogP contribution in [0.25, 0.3) is 0 Å². The van der Waals surface area contributed by atoms with E-state index in [-0.39, 0.29) is 0 Å². The van der Waals surface area contributed by atoms with Crippen LogP contribution in [-0.2, 0) is 0 Å². The van der Waals surface area contributed by atoms with Crippen molar-refractivity contribution < 1.29 is 4.79 Å². The second-order valence-corrected chi connectivity index (χ2v) is 5.64. The fourth-order valence-corrected chi connectivity index (χ4v) is 2.83. The average Bonchev–Trinajstić information content (AvgIpc) is 2.38. The molecule has 2 atom stereocenters. The molecule has 2 rings (SSSR count). The topological polar surface area (TPSA) is 72.3 Å². The number of rotatable bonds is 3. The number of anilines is 1. The number of amides is 1. The second-order valence-electron chi connectivity index (χ2n) is 5.21. The van der Waals surface area contributed by atoms with Crippen LogP contribution in [0.15, 0.2) is 18.2 Å². The molecule has 0 saturated carbocycles. The number of nitrogens with zero attached hydrogens (tertiary/aromatic N) is 1. The molecule has 5 heteroatoms. The third-order valence-electron chi connectivity index (χ3n) is 3.85. The van der Waals surface area contributed by atoms with E-state index in [1.54, 1.807) is 12.1 Å². The summed E-state index contributed by atoms with van der Waals surface area (Å²) in [5.41, 5.74) is 12.6. The summed E-state index contributed by atoms with van der Waals surface area (Å²) in [6, 6.07) is 5.56. The first-order chi connectivity index (χ1) is 9.02. The van der Waals surface area contributed by atoms with Crippen molar-refractivity contribution in [1.29, 1.82) is 0 Å². The molecule has 0 radical (unpaired) electrons. The average molecular weight is 282 g/mol. The first kappa shape index (κ1) is 14.2. The van der Waals surface area contributed by atoms with Gasteiger partial charge in [0.05, 0.1) is 11.3 Å². The summed E-state index contributed by atoms with van der Waals surface area (Å²) < 4.78 is 0. The Kier molecular flexibility index (Phi) is 4.32. The van der Waals surface area contributed by atoms with Gasteiger partial charge in [0.1, 0.15) is 0 Å². The molecule has 4 N–H and O–H groups in total. The van der Waals surface area contributed by atoms with E-state index in [1.165, 1.54) is 0 Å². The normalized spacial score (nSPS) is 23.4. The zero-order valence-corrected chi connectivity index (χ0v) is 11.9. The summed E-state index contributed by atoms with van der Waals surface area (Å²) in [5, 5.41) is 0.613. The van der Waals surface area contributed by atoms with Crippen LogP contribution in [-0.4, -0.2) is 25.0 Å². The van der Waals surface area contributed by atoms with Crippen LogP contribution in [0.4, 0.5) is 5.69 Å². The number of halogens is 1. The Labute approximate surface area is 118 Å². The van der Waals surface area contributed by atoms with Gasteiger partial charge in [0.15, 0.2) is 0 Å². The minimum Gasteiger partial charge on any atom is -0.368 e. The number of piperidine rings is 1. The molecule has 4 nitrogen and oxygen atoms in total. The first-order valence-electron chi connectivity index (χ1n) is 6.59. The van der Waals surface area contributed by atoms with Gasteiger partial charge in [-0.25, -0.2) is 0 Å². The third kappa shape index (κ3) is 3.01. The monoisotopic (exact) mass is 281 g/mol. The van der Waals surface area contributed by atoms with Crippen molar-refractivity contribution in [3.05, 3.63) is 28.8 Å². The molecule has 1 aliphatic rings. The summed E-state index contributed by atoms with van der Waals surface area (Å²) in [6.07, 6.45) is 2.19. The van der Waals surface area contributed by atoms with Crippen LogP contribution >= 0.6 is 11.6 Å². The van der Waals surface area contributed by atoms with Crippen molar-refractivity contribution in [2.75, 3.05) is 18.0 Å². The second kappa shape index (κ2) is 5.80. The maximum absolute atomic E-state index is 11.6. The van der Waals surface area contributed by atoms with Crippen LogP contribution < -0.4 is 16.4 Å². The summed E-state index contributed by atoms with van der Waals surface area (Å²) in [6.45, 7) is 3.66. The predicted octanol–water partition coefficient (Wildman–Crippen LogP) is 2.00. The van der Waals surface area contributed by atoms with Crippen LogP contribution in [0, 0.1) is 5.92 Å². The van der Waals surface area contributed by atoms with Gasteiger partial charge >= 0.3 is 0 Å². The van der Waals surface area contributed by atoms with Crippen molar-refractivity contribution in [2.24, 2.45) is 17.4 Å². The Hall–Kier alpha value is -1.26. The summed E-state index contributed by atoms with van der Waals surface area (Å²) >= 11 is 6.06. The molecular formula is C14H20ClN3O. The van der Waals surface area contributed by atoms with Crippen molar-refractivity contribution in [3.63, 3.8) is 0 Å². The fraction of sp³-hybridized carbons (Fsp3) is 0.500. The predicted molar refractivity (Wildman–Crippen MR) is 78.6 cm³/mol. The minimum absolute atomic E-state index is 0.361. The molecule has 1 heterocycles. The molecule has 19 heavy (non-hydrogen) atoms. The van der Waals surface area contributed by atoms with E-state index in [0.29, 0.717) is 29.1 Å². The zero-order valence-electron chi connectivity index (χ0n) is 11.1. The molecule has 0 bridgehead atoms. The van der Waals surface area contributed by atoms with Gasteiger partial charge in [-0.2, -0.15) is 0 Å².